The number of thioether (sulfide) groups is 1. The maximum absolute atomic E-state index is 11.9. The van der Waals surface area contributed by atoms with Crippen molar-refractivity contribution in [2.24, 2.45) is 5.92 Å². The summed E-state index contributed by atoms with van der Waals surface area (Å²) in [5, 5.41) is 9.11. The van der Waals surface area contributed by atoms with E-state index in [0.717, 1.165) is 18.8 Å². The highest BCUT2D eigenvalue weighted by Gasteiger charge is 2.23. The molecule has 0 aromatic rings. The smallest absolute Gasteiger partial charge is 0.303 e. The first-order valence-electron chi connectivity index (χ1n) is 5.60. The lowest BCUT2D eigenvalue weighted by molar-refractivity contribution is -0.138. The van der Waals surface area contributed by atoms with Gasteiger partial charge in [0.1, 0.15) is 0 Å². The molecule has 2 atom stereocenters. The summed E-state index contributed by atoms with van der Waals surface area (Å²) in [6, 6.07) is 0. The molecule has 1 rings (SSSR count). The van der Waals surface area contributed by atoms with E-state index in [2.05, 4.69) is 6.92 Å². The maximum atomic E-state index is 11.9. The van der Waals surface area contributed by atoms with Crippen LogP contribution < -0.4 is 0 Å². The Balaban J connectivity index is 2.36. The standard InChI is InChI=1S/C11H19NO3S/c1-8(6-11(14)15)5-10(13)12-3-4-16-9(2)7-12/h8-9H,3-7H2,1-2H3,(H,14,15). The Morgan fingerprint density at radius 2 is 2.19 bits per heavy atom. The molecule has 0 aliphatic carbocycles. The van der Waals surface area contributed by atoms with Crippen molar-refractivity contribution >= 4 is 23.6 Å². The topological polar surface area (TPSA) is 57.6 Å². The Bertz CT molecular complexity index is 270. The molecular formula is C11H19NO3S. The molecule has 0 aromatic heterocycles. The van der Waals surface area contributed by atoms with Crippen molar-refractivity contribution in [3.05, 3.63) is 0 Å². The molecule has 2 unspecified atom stereocenters. The highest BCUT2D eigenvalue weighted by molar-refractivity contribution is 7.99. The number of hydrogen-bond donors (Lipinski definition) is 1. The van der Waals surface area contributed by atoms with E-state index >= 15 is 0 Å². The first kappa shape index (κ1) is 13.4. The second-order valence-corrected chi connectivity index (χ2v) is 5.97. The quantitative estimate of drug-likeness (QED) is 0.814. The van der Waals surface area contributed by atoms with E-state index in [1.165, 1.54) is 0 Å². The first-order valence-corrected chi connectivity index (χ1v) is 6.65. The summed E-state index contributed by atoms with van der Waals surface area (Å²) in [6.45, 7) is 5.52. The molecule has 1 aliphatic heterocycles. The molecule has 1 N–H and O–H groups in total. The highest BCUT2D eigenvalue weighted by atomic mass is 32.2. The predicted molar refractivity (Wildman–Crippen MR) is 64.5 cm³/mol. The second-order valence-electron chi connectivity index (χ2n) is 4.43. The summed E-state index contributed by atoms with van der Waals surface area (Å²) in [5.74, 6) is 0.180. The third kappa shape index (κ3) is 4.43. The van der Waals surface area contributed by atoms with Crippen LogP contribution in [-0.2, 0) is 9.59 Å². The minimum absolute atomic E-state index is 0.0733. The Kier molecular flexibility index (Phi) is 5.12. The van der Waals surface area contributed by atoms with Gasteiger partial charge in [0.25, 0.3) is 0 Å². The third-order valence-corrected chi connectivity index (χ3v) is 3.78. The van der Waals surface area contributed by atoms with Crippen LogP contribution in [0.4, 0.5) is 0 Å². The minimum Gasteiger partial charge on any atom is -0.481 e. The average Bonchev–Trinajstić information content (AvgIpc) is 2.16. The Hall–Kier alpha value is -0.710. The van der Waals surface area contributed by atoms with Crippen LogP contribution in [0.3, 0.4) is 0 Å². The lowest BCUT2D eigenvalue weighted by atomic mass is 10.0. The normalized spacial score (nSPS) is 22.9. The molecule has 1 heterocycles. The van der Waals surface area contributed by atoms with Crippen molar-refractivity contribution in [3.8, 4) is 0 Å². The molecule has 4 nitrogen and oxygen atoms in total. The molecule has 0 radical (unpaired) electrons. The van der Waals surface area contributed by atoms with E-state index in [1.54, 1.807) is 0 Å². The van der Waals surface area contributed by atoms with Gasteiger partial charge < -0.3 is 10.0 Å². The van der Waals surface area contributed by atoms with Crippen molar-refractivity contribution < 1.29 is 14.7 Å². The van der Waals surface area contributed by atoms with Gasteiger partial charge in [0, 0.05) is 36.9 Å². The summed E-state index contributed by atoms with van der Waals surface area (Å²) < 4.78 is 0. The molecule has 16 heavy (non-hydrogen) atoms. The Morgan fingerprint density at radius 1 is 1.50 bits per heavy atom. The molecule has 0 bridgehead atoms. The van der Waals surface area contributed by atoms with E-state index in [1.807, 2.05) is 23.6 Å². The van der Waals surface area contributed by atoms with Gasteiger partial charge in [0.2, 0.25) is 5.91 Å². The van der Waals surface area contributed by atoms with Crippen LogP contribution in [0.5, 0.6) is 0 Å². The number of aliphatic carboxylic acids is 1. The van der Waals surface area contributed by atoms with Gasteiger partial charge >= 0.3 is 5.97 Å². The molecule has 0 spiro atoms. The molecule has 92 valence electrons. The SMILES string of the molecule is CC(CC(=O)O)CC(=O)N1CCSC(C)C1. The van der Waals surface area contributed by atoms with Gasteiger partial charge in [-0.05, 0) is 5.92 Å². The van der Waals surface area contributed by atoms with Crippen LogP contribution in [0.25, 0.3) is 0 Å². The lowest BCUT2D eigenvalue weighted by Crippen LogP contribution is -2.41. The van der Waals surface area contributed by atoms with Crippen LogP contribution in [0, 0.1) is 5.92 Å². The molecular weight excluding hydrogens is 226 g/mol. The second kappa shape index (κ2) is 6.13. The van der Waals surface area contributed by atoms with Crippen molar-refractivity contribution in [1.82, 2.24) is 4.90 Å². The summed E-state index contributed by atoms with van der Waals surface area (Å²) in [7, 11) is 0. The van der Waals surface area contributed by atoms with Crippen LogP contribution >= 0.6 is 11.8 Å². The maximum Gasteiger partial charge on any atom is 0.303 e. The number of carboxylic acids is 1. The molecule has 0 saturated carbocycles. The molecule has 1 fully saturated rings. The van der Waals surface area contributed by atoms with Gasteiger partial charge in [-0.25, -0.2) is 0 Å². The fraction of sp³-hybridized carbons (Fsp3) is 0.818. The Morgan fingerprint density at radius 3 is 2.75 bits per heavy atom. The zero-order chi connectivity index (χ0) is 12.1. The van der Waals surface area contributed by atoms with E-state index < -0.39 is 5.97 Å². The summed E-state index contributed by atoms with van der Waals surface area (Å²) >= 11 is 1.88. The van der Waals surface area contributed by atoms with Crippen molar-refractivity contribution in [2.75, 3.05) is 18.8 Å². The fourth-order valence-electron chi connectivity index (χ4n) is 1.84. The lowest BCUT2D eigenvalue weighted by Gasteiger charge is -2.31. The van der Waals surface area contributed by atoms with Crippen LogP contribution in [0.1, 0.15) is 26.7 Å². The monoisotopic (exact) mass is 245 g/mol. The zero-order valence-corrected chi connectivity index (χ0v) is 10.6. The summed E-state index contributed by atoms with van der Waals surface area (Å²) in [5.41, 5.74) is 0. The molecule has 1 aliphatic rings. The fourth-order valence-corrected chi connectivity index (χ4v) is 2.86. The number of rotatable bonds is 4. The molecule has 0 aromatic carbocycles. The molecule has 5 heteroatoms. The number of carbonyl (C=O) groups excluding carboxylic acids is 1. The number of carboxylic acid groups (broad SMARTS) is 1. The van der Waals surface area contributed by atoms with Gasteiger partial charge in [-0.15, -0.1) is 0 Å². The number of nitrogens with zero attached hydrogens (tertiary/aromatic N) is 1. The Labute approximate surface area is 100 Å². The van der Waals surface area contributed by atoms with Gasteiger partial charge in [-0.2, -0.15) is 11.8 Å². The average molecular weight is 245 g/mol. The van der Waals surface area contributed by atoms with Gasteiger partial charge in [-0.1, -0.05) is 13.8 Å². The predicted octanol–water partition coefficient (Wildman–Crippen LogP) is 1.45. The van der Waals surface area contributed by atoms with Crippen LogP contribution in [0.2, 0.25) is 0 Å². The summed E-state index contributed by atoms with van der Waals surface area (Å²) in [4.78, 5) is 24.2. The van der Waals surface area contributed by atoms with Gasteiger partial charge in [-0.3, -0.25) is 9.59 Å². The van der Waals surface area contributed by atoms with E-state index in [0.29, 0.717) is 11.7 Å². The number of hydrogen-bond acceptors (Lipinski definition) is 3. The third-order valence-electron chi connectivity index (χ3n) is 2.64. The van der Waals surface area contributed by atoms with Crippen molar-refractivity contribution in [2.45, 2.75) is 31.9 Å². The van der Waals surface area contributed by atoms with E-state index in [9.17, 15) is 9.59 Å². The largest absolute Gasteiger partial charge is 0.481 e. The minimum atomic E-state index is -0.831. The molecule has 1 amide bonds. The van der Waals surface area contributed by atoms with Crippen molar-refractivity contribution in [1.29, 1.82) is 0 Å². The van der Waals surface area contributed by atoms with Crippen molar-refractivity contribution in [3.63, 3.8) is 0 Å². The number of carbonyl (C=O) groups is 2. The van der Waals surface area contributed by atoms with E-state index in [4.69, 9.17) is 5.11 Å². The highest BCUT2D eigenvalue weighted by Crippen LogP contribution is 2.19. The zero-order valence-electron chi connectivity index (χ0n) is 9.81. The van der Waals surface area contributed by atoms with Crippen LogP contribution in [0.15, 0.2) is 0 Å². The van der Waals surface area contributed by atoms with E-state index in [-0.39, 0.29) is 18.2 Å². The van der Waals surface area contributed by atoms with Crippen LogP contribution in [-0.4, -0.2) is 46.0 Å². The van der Waals surface area contributed by atoms with Gasteiger partial charge in [0.15, 0.2) is 0 Å². The van der Waals surface area contributed by atoms with Gasteiger partial charge in [0.05, 0.1) is 0 Å². The number of amides is 1. The molecule has 1 saturated heterocycles. The summed E-state index contributed by atoms with van der Waals surface area (Å²) in [6.07, 6.45) is 0.424. The first-order chi connectivity index (χ1) is 7.49.